The van der Waals surface area contributed by atoms with Gasteiger partial charge in [-0.05, 0) is 0 Å². The van der Waals surface area contributed by atoms with Gasteiger partial charge in [0.25, 0.3) is 0 Å². The van der Waals surface area contributed by atoms with E-state index in [1.54, 1.807) is 42.7 Å². The van der Waals surface area contributed by atoms with Gasteiger partial charge in [-0.1, -0.05) is 13.8 Å². The molecule has 0 aliphatic carbocycles. The SMILES string of the molecule is CC.CO[SiH](OC)OC.CO[SiH](OC)OC. The lowest BCUT2D eigenvalue weighted by atomic mass is 11.0. The highest BCUT2D eigenvalue weighted by Gasteiger charge is 2.05. The summed E-state index contributed by atoms with van der Waals surface area (Å²) in [7, 11) is 6.10. The summed E-state index contributed by atoms with van der Waals surface area (Å²) in [6.45, 7) is 4.00. The average Bonchev–Trinajstić information content (AvgIpc) is 2.37. The van der Waals surface area contributed by atoms with Gasteiger partial charge >= 0.3 is 19.1 Å². The van der Waals surface area contributed by atoms with E-state index in [0.29, 0.717) is 0 Å². The normalized spacial score (nSPS) is 9.38. The molecule has 0 bridgehead atoms. The van der Waals surface area contributed by atoms with Gasteiger partial charge < -0.3 is 26.6 Å². The third kappa shape index (κ3) is 16.6. The Kier molecular flexibility index (Phi) is 27.6. The van der Waals surface area contributed by atoms with Crippen molar-refractivity contribution in [1.82, 2.24) is 0 Å². The monoisotopic (exact) mass is 274 g/mol. The summed E-state index contributed by atoms with van der Waals surface area (Å²) in [4.78, 5) is 0. The zero-order valence-corrected chi connectivity index (χ0v) is 13.9. The molecule has 102 valence electrons. The predicted molar refractivity (Wildman–Crippen MR) is 67.7 cm³/mol. The molecule has 0 amide bonds. The molecule has 0 aromatic rings. The molecule has 0 heterocycles. The Morgan fingerprint density at radius 3 is 0.562 bits per heavy atom. The van der Waals surface area contributed by atoms with E-state index in [0.717, 1.165) is 0 Å². The molecule has 0 atom stereocenters. The van der Waals surface area contributed by atoms with E-state index < -0.39 is 19.1 Å². The first kappa shape index (κ1) is 21.5. The van der Waals surface area contributed by atoms with Gasteiger partial charge in [0.15, 0.2) is 0 Å². The van der Waals surface area contributed by atoms with E-state index in [4.69, 9.17) is 26.6 Å². The quantitative estimate of drug-likeness (QED) is 0.650. The minimum absolute atomic E-state index is 1.57. The molecule has 0 rings (SSSR count). The fraction of sp³-hybridized carbons (Fsp3) is 1.00. The van der Waals surface area contributed by atoms with Gasteiger partial charge in [-0.2, -0.15) is 0 Å². The van der Waals surface area contributed by atoms with Gasteiger partial charge in [0, 0.05) is 42.7 Å². The molecule has 0 aromatic heterocycles. The second kappa shape index (κ2) is 20.6. The Hall–Kier alpha value is 0.194. The summed E-state index contributed by atoms with van der Waals surface area (Å²) in [6.07, 6.45) is 0. The molecule has 0 spiro atoms. The Labute approximate surface area is 103 Å². The van der Waals surface area contributed by atoms with Crippen LogP contribution in [0.5, 0.6) is 0 Å². The van der Waals surface area contributed by atoms with E-state index in [-0.39, 0.29) is 0 Å². The predicted octanol–water partition coefficient (Wildman–Crippen LogP) is 0.312. The Morgan fingerprint density at radius 1 is 0.438 bits per heavy atom. The van der Waals surface area contributed by atoms with Crippen LogP contribution in [0.25, 0.3) is 0 Å². The van der Waals surface area contributed by atoms with Crippen LogP contribution in [0.2, 0.25) is 0 Å². The van der Waals surface area contributed by atoms with Crippen molar-refractivity contribution in [3.63, 3.8) is 0 Å². The van der Waals surface area contributed by atoms with Crippen LogP contribution in [0.1, 0.15) is 13.8 Å². The van der Waals surface area contributed by atoms with Crippen molar-refractivity contribution in [1.29, 1.82) is 0 Å². The van der Waals surface area contributed by atoms with Gasteiger partial charge in [0.05, 0.1) is 0 Å². The summed E-state index contributed by atoms with van der Waals surface area (Å²) < 4.78 is 28.5. The van der Waals surface area contributed by atoms with Gasteiger partial charge in [-0.3, -0.25) is 0 Å². The third-order valence-electron chi connectivity index (χ3n) is 1.15. The van der Waals surface area contributed by atoms with Crippen LogP contribution in [0.3, 0.4) is 0 Å². The first-order valence-corrected chi connectivity index (χ1v) is 7.69. The second-order valence-electron chi connectivity index (χ2n) is 1.99. The van der Waals surface area contributed by atoms with Crippen LogP contribution in [0.15, 0.2) is 0 Å². The molecule has 0 saturated heterocycles. The van der Waals surface area contributed by atoms with Gasteiger partial charge in [-0.25, -0.2) is 0 Å². The average molecular weight is 274 g/mol. The summed E-state index contributed by atoms with van der Waals surface area (Å²) in [6, 6.07) is 0. The third-order valence-corrected chi connectivity index (χ3v) is 3.46. The highest BCUT2D eigenvalue weighted by atomic mass is 28.3. The van der Waals surface area contributed by atoms with Crippen LogP contribution in [0, 0.1) is 0 Å². The van der Waals surface area contributed by atoms with Crippen LogP contribution >= 0.6 is 0 Å². The summed E-state index contributed by atoms with van der Waals surface area (Å²) in [5.74, 6) is 0. The topological polar surface area (TPSA) is 55.4 Å². The molecule has 0 N–H and O–H groups in total. The zero-order chi connectivity index (χ0) is 13.4. The van der Waals surface area contributed by atoms with Crippen molar-refractivity contribution in [3.8, 4) is 0 Å². The van der Waals surface area contributed by atoms with Crippen LogP contribution in [-0.2, 0) is 26.6 Å². The fourth-order valence-electron chi connectivity index (χ4n) is 0.577. The maximum absolute atomic E-state index is 4.74. The highest BCUT2D eigenvalue weighted by molar-refractivity contribution is 6.36. The van der Waals surface area contributed by atoms with Crippen LogP contribution in [0.4, 0.5) is 0 Å². The van der Waals surface area contributed by atoms with E-state index in [1.807, 2.05) is 13.8 Å². The van der Waals surface area contributed by atoms with Gasteiger partial charge in [0.1, 0.15) is 0 Å². The van der Waals surface area contributed by atoms with Crippen molar-refractivity contribution in [3.05, 3.63) is 0 Å². The Balaban J connectivity index is -0.000000183. The van der Waals surface area contributed by atoms with E-state index in [2.05, 4.69) is 0 Å². The van der Waals surface area contributed by atoms with Crippen molar-refractivity contribution in [2.24, 2.45) is 0 Å². The Morgan fingerprint density at radius 2 is 0.562 bits per heavy atom. The standard InChI is InChI=1S/2C3H10O3Si.C2H6/c2*1-4-7(5-2)6-3;1-2/h2*7H,1-3H3;1-2H3. The highest BCUT2D eigenvalue weighted by Crippen LogP contribution is 1.81. The minimum Gasteiger partial charge on any atom is -0.379 e. The lowest BCUT2D eigenvalue weighted by Gasteiger charge is -2.05. The number of hydrogen-bond acceptors (Lipinski definition) is 6. The van der Waals surface area contributed by atoms with E-state index >= 15 is 0 Å². The molecule has 0 fully saturated rings. The van der Waals surface area contributed by atoms with Crippen molar-refractivity contribution >= 4 is 19.1 Å². The minimum atomic E-state index is -1.67. The largest absolute Gasteiger partial charge is 0.483 e. The number of rotatable bonds is 6. The molecule has 0 saturated carbocycles. The maximum atomic E-state index is 4.74. The van der Waals surface area contributed by atoms with Gasteiger partial charge in [-0.15, -0.1) is 0 Å². The number of hydrogen-bond donors (Lipinski definition) is 0. The molecule has 6 nitrogen and oxygen atoms in total. The molecular weight excluding hydrogens is 248 g/mol. The smallest absolute Gasteiger partial charge is 0.379 e. The van der Waals surface area contributed by atoms with Crippen LogP contribution < -0.4 is 0 Å². The van der Waals surface area contributed by atoms with E-state index in [9.17, 15) is 0 Å². The molecular formula is C8H26O6Si2. The molecule has 0 aliphatic rings. The molecule has 0 radical (unpaired) electrons. The summed E-state index contributed by atoms with van der Waals surface area (Å²) >= 11 is 0. The maximum Gasteiger partial charge on any atom is 0.483 e. The van der Waals surface area contributed by atoms with Crippen molar-refractivity contribution < 1.29 is 26.6 Å². The first-order valence-electron chi connectivity index (χ1n) is 4.86. The summed E-state index contributed by atoms with van der Waals surface area (Å²) in [5, 5.41) is 0. The van der Waals surface area contributed by atoms with Crippen molar-refractivity contribution in [2.75, 3.05) is 42.7 Å². The zero-order valence-electron chi connectivity index (χ0n) is 11.6. The van der Waals surface area contributed by atoms with Gasteiger partial charge in [0.2, 0.25) is 0 Å². The molecule has 16 heavy (non-hydrogen) atoms. The van der Waals surface area contributed by atoms with Crippen LogP contribution in [-0.4, -0.2) is 61.7 Å². The Bertz CT molecular complexity index is 77.5. The fourth-order valence-corrected chi connectivity index (χ4v) is 1.73. The molecule has 0 aromatic carbocycles. The lowest BCUT2D eigenvalue weighted by Crippen LogP contribution is -2.21. The molecule has 0 unspecified atom stereocenters. The first-order chi connectivity index (χ1) is 7.69. The second-order valence-corrected chi connectivity index (χ2v) is 5.97. The van der Waals surface area contributed by atoms with Crippen molar-refractivity contribution in [2.45, 2.75) is 13.8 Å². The van der Waals surface area contributed by atoms with E-state index in [1.165, 1.54) is 0 Å². The lowest BCUT2D eigenvalue weighted by molar-refractivity contribution is 0.163. The summed E-state index contributed by atoms with van der Waals surface area (Å²) in [5.41, 5.74) is 0. The molecule has 0 aliphatic heterocycles. The molecule has 8 heteroatoms.